The molecule has 0 aromatic rings. The van der Waals surface area contributed by atoms with Crippen molar-refractivity contribution in [3.05, 3.63) is 0 Å². The van der Waals surface area contributed by atoms with E-state index in [2.05, 4.69) is 24.1 Å². The van der Waals surface area contributed by atoms with Crippen LogP contribution in [0, 0.1) is 5.92 Å². The van der Waals surface area contributed by atoms with Crippen LogP contribution in [0.2, 0.25) is 0 Å². The predicted molar refractivity (Wildman–Crippen MR) is 71.3 cm³/mol. The van der Waals surface area contributed by atoms with Crippen molar-refractivity contribution in [1.29, 1.82) is 0 Å². The minimum absolute atomic E-state index is 0.669. The van der Waals surface area contributed by atoms with Crippen LogP contribution in [0.1, 0.15) is 39.5 Å². The molecule has 2 unspecified atom stereocenters. The highest BCUT2D eigenvalue weighted by molar-refractivity contribution is 4.77. The summed E-state index contributed by atoms with van der Waals surface area (Å²) >= 11 is 0. The average molecular weight is 240 g/mol. The lowest BCUT2D eigenvalue weighted by atomic mass is 9.98. The first-order chi connectivity index (χ1) is 8.24. The van der Waals surface area contributed by atoms with Crippen LogP contribution in [0.3, 0.4) is 0 Å². The maximum absolute atomic E-state index is 5.44. The van der Waals surface area contributed by atoms with Gasteiger partial charge in [-0.25, -0.2) is 0 Å². The van der Waals surface area contributed by atoms with Crippen LogP contribution in [0.15, 0.2) is 0 Å². The molecule has 2 heterocycles. The lowest BCUT2D eigenvalue weighted by Crippen LogP contribution is -2.44. The van der Waals surface area contributed by atoms with Gasteiger partial charge < -0.3 is 15.0 Å². The SMILES string of the molecule is CC1CCN(CC2CCOCC2)CCC(C)N1. The Morgan fingerprint density at radius 2 is 1.59 bits per heavy atom. The molecule has 0 radical (unpaired) electrons. The quantitative estimate of drug-likeness (QED) is 0.797. The summed E-state index contributed by atoms with van der Waals surface area (Å²) in [6, 6.07) is 1.34. The normalized spacial score (nSPS) is 34.2. The highest BCUT2D eigenvalue weighted by Crippen LogP contribution is 2.17. The summed E-state index contributed by atoms with van der Waals surface area (Å²) in [5, 5.41) is 3.66. The molecule has 0 amide bonds. The Balaban J connectivity index is 1.77. The third-order valence-electron chi connectivity index (χ3n) is 4.18. The van der Waals surface area contributed by atoms with Gasteiger partial charge >= 0.3 is 0 Å². The number of hydrogen-bond donors (Lipinski definition) is 1. The molecule has 0 saturated carbocycles. The Bertz CT molecular complexity index is 204. The van der Waals surface area contributed by atoms with E-state index in [0.29, 0.717) is 12.1 Å². The molecule has 2 atom stereocenters. The monoisotopic (exact) mass is 240 g/mol. The molecule has 2 fully saturated rings. The maximum atomic E-state index is 5.44. The van der Waals surface area contributed by atoms with Gasteiger partial charge in [0, 0.05) is 31.8 Å². The minimum atomic E-state index is 0.669. The molecule has 1 N–H and O–H groups in total. The van der Waals surface area contributed by atoms with E-state index in [1.54, 1.807) is 0 Å². The average Bonchev–Trinajstić information content (AvgIpc) is 2.32. The van der Waals surface area contributed by atoms with Crippen LogP contribution in [-0.4, -0.2) is 49.8 Å². The Morgan fingerprint density at radius 3 is 2.18 bits per heavy atom. The topological polar surface area (TPSA) is 24.5 Å². The molecule has 0 spiro atoms. The number of nitrogens with one attached hydrogen (secondary N) is 1. The fraction of sp³-hybridized carbons (Fsp3) is 1.00. The predicted octanol–water partition coefficient (Wildman–Crippen LogP) is 1.88. The van der Waals surface area contributed by atoms with Crippen molar-refractivity contribution in [3.63, 3.8) is 0 Å². The maximum Gasteiger partial charge on any atom is 0.0469 e. The van der Waals surface area contributed by atoms with Gasteiger partial charge in [-0.1, -0.05) is 0 Å². The highest BCUT2D eigenvalue weighted by atomic mass is 16.5. The first-order valence-electron chi connectivity index (χ1n) is 7.30. The van der Waals surface area contributed by atoms with E-state index in [-0.39, 0.29) is 0 Å². The van der Waals surface area contributed by atoms with Gasteiger partial charge in [0.2, 0.25) is 0 Å². The molecule has 17 heavy (non-hydrogen) atoms. The van der Waals surface area contributed by atoms with Crippen molar-refractivity contribution in [2.75, 3.05) is 32.8 Å². The molecule has 2 aliphatic heterocycles. The van der Waals surface area contributed by atoms with E-state index < -0.39 is 0 Å². The second-order valence-electron chi connectivity index (χ2n) is 5.90. The van der Waals surface area contributed by atoms with Gasteiger partial charge in [-0.2, -0.15) is 0 Å². The van der Waals surface area contributed by atoms with E-state index in [4.69, 9.17) is 4.74 Å². The number of rotatable bonds is 2. The first kappa shape index (κ1) is 13.3. The van der Waals surface area contributed by atoms with Gasteiger partial charge in [-0.05, 0) is 58.5 Å². The summed E-state index contributed by atoms with van der Waals surface area (Å²) in [6.45, 7) is 10.4. The van der Waals surface area contributed by atoms with Gasteiger partial charge in [0.15, 0.2) is 0 Å². The van der Waals surface area contributed by atoms with Crippen molar-refractivity contribution in [3.8, 4) is 0 Å². The Labute approximate surface area is 106 Å². The molecular weight excluding hydrogens is 212 g/mol. The molecule has 2 rings (SSSR count). The molecule has 100 valence electrons. The number of hydrogen-bond acceptors (Lipinski definition) is 3. The van der Waals surface area contributed by atoms with Gasteiger partial charge in [0.05, 0.1) is 0 Å². The number of nitrogens with zero attached hydrogens (tertiary/aromatic N) is 1. The van der Waals surface area contributed by atoms with Gasteiger partial charge in [-0.15, -0.1) is 0 Å². The smallest absolute Gasteiger partial charge is 0.0469 e. The van der Waals surface area contributed by atoms with Crippen LogP contribution < -0.4 is 5.32 Å². The molecule has 0 aromatic heterocycles. The molecule has 2 saturated heterocycles. The van der Waals surface area contributed by atoms with E-state index >= 15 is 0 Å². The Kier molecular flexibility index (Phi) is 5.26. The zero-order chi connectivity index (χ0) is 12.1. The van der Waals surface area contributed by atoms with Crippen molar-refractivity contribution in [2.24, 2.45) is 5.92 Å². The van der Waals surface area contributed by atoms with Crippen molar-refractivity contribution in [2.45, 2.75) is 51.6 Å². The summed E-state index contributed by atoms with van der Waals surface area (Å²) in [5.41, 5.74) is 0. The molecule has 3 nitrogen and oxygen atoms in total. The van der Waals surface area contributed by atoms with E-state index in [1.807, 2.05) is 0 Å². The Morgan fingerprint density at radius 1 is 1.00 bits per heavy atom. The lowest BCUT2D eigenvalue weighted by molar-refractivity contribution is 0.0503. The summed E-state index contributed by atoms with van der Waals surface area (Å²) < 4.78 is 5.44. The minimum Gasteiger partial charge on any atom is -0.381 e. The van der Waals surface area contributed by atoms with Crippen LogP contribution >= 0.6 is 0 Å². The van der Waals surface area contributed by atoms with E-state index in [1.165, 1.54) is 45.3 Å². The fourth-order valence-corrected chi connectivity index (χ4v) is 2.99. The van der Waals surface area contributed by atoms with Gasteiger partial charge in [-0.3, -0.25) is 0 Å². The van der Waals surface area contributed by atoms with Crippen LogP contribution in [0.25, 0.3) is 0 Å². The summed E-state index contributed by atoms with van der Waals surface area (Å²) in [4.78, 5) is 2.68. The third kappa shape index (κ3) is 4.57. The Hall–Kier alpha value is -0.120. The van der Waals surface area contributed by atoms with Crippen molar-refractivity contribution < 1.29 is 4.74 Å². The highest BCUT2D eigenvalue weighted by Gasteiger charge is 2.20. The van der Waals surface area contributed by atoms with Crippen LogP contribution in [0.4, 0.5) is 0 Å². The molecule has 0 bridgehead atoms. The van der Waals surface area contributed by atoms with E-state index in [9.17, 15) is 0 Å². The standard InChI is InChI=1S/C14H28N2O/c1-12-3-7-16(8-4-13(2)15-12)11-14-5-9-17-10-6-14/h12-15H,3-11H2,1-2H3. The second-order valence-corrected chi connectivity index (χ2v) is 5.90. The molecule has 0 aromatic carbocycles. The van der Waals surface area contributed by atoms with Crippen molar-refractivity contribution >= 4 is 0 Å². The largest absolute Gasteiger partial charge is 0.381 e. The van der Waals surface area contributed by atoms with Crippen molar-refractivity contribution in [1.82, 2.24) is 10.2 Å². The zero-order valence-corrected chi connectivity index (χ0v) is 11.5. The van der Waals surface area contributed by atoms with Crippen LogP contribution in [-0.2, 0) is 4.74 Å². The van der Waals surface area contributed by atoms with Gasteiger partial charge in [0.1, 0.15) is 0 Å². The van der Waals surface area contributed by atoms with Crippen LogP contribution in [0.5, 0.6) is 0 Å². The molecule has 2 aliphatic rings. The van der Waals surface area contributed by atoms with Gasteiger partial charge in [0.25, 0.3) is 0 Å². The summed E-state index contributed by atoms with van der Waals surface area (Å²) in [6.07, 6.45) is 5.10. The second kappa shape index (κ2) is 6.72. The van der Waals surface area contributed by atoms with E-state index in [0.717, 1.165) is 19.1 Å². The third-order valence-corrected chi connectivity index (χ3v) is 4.18. The zero-order valence-electron chi connectivity index (χ0n) is 11.5. The molecule has 3 heteroatoms. The molecular formula is C14H28N2O. The lowest BCUT2D eigenvalue weighted by Gasteiger charge is -2.34. The molecule has 0 aliphatic carbocycles. The summed E-state index contributed by atoms with van der Waals surface area (Å²) in [5.74, 6) is 0.877. The fourth-order valence-electron chi connectivity index (χ4n) is 2.99. The number of ether oxygens (including phenoxy) is 1. The first-order valence-corrected chi connectivity index (χ1v) is 7.30. The summed E-state index contributed by atoms with van der Waals surface area (Å²) in [7, 11) is 0.